The van der Waals surface area contributed by atoms with Crippen LogP contribution in [0.25, 0.3) is 11.0 Å². The van der Waals surface area contributed by atoms with Gasteiger partial charge in [0.15, 0.2) is 0 Å². The van der Waals surface area contributed by atoms with Gasteiger partial charge in [-0.3, -0.25) is 10.1 Å². The Hall–Kier alpha value is -3.98. The quantitative estimate of drug-likeness (QED) is 0.332. The first-order valence-electron chi connectivity index (χ1n) is 11.8. The maximum absolute atomic E-state index is 13.9. The molecule has 0 fully saturated rings. The molecule has 0 spiro atoms. The zero-order chi connectivity index (χ0) is 26.6. The van der Waals surface area contributed by atoms with Gasteiger partial charge >= 0.3 is 11.8 Å². The Labute approximate surface area is 211 Å². The van der Waals surface area contributed by atoms with Gasteiger partial charge in [0, 0.05) is 17.8 Å². The number of nitrogens with zero attached hydrogens (tertiary/aromatic N) is 2. The second-order valence-corrected chi connectivity index (χ2v) is 8.53. The van der Waals surface area contributed by atoms with Crippen LogP contribution >= 0.6 is 0 Å². The molecular formula is C28H26F3N3O3. The number of halogens is 3. The minimum Gasteiger partial charge on any atom is -0.422 e. The summed E-state index contributed by atoms with van der Waals surface area (Å²) in [5.74, 6) is -0.527. The number of carbonyl (C=O) groups excluding carboxylic acids is 1. The van der Waals surface area contributed by atoms with Crippen LogP contribution in [0.3, 0.4) is 0 Å². The fourth-order valence-corrected chi connectivity index (χ4v) is 4.36. The van der Waals surface area contributed by atoms with Crippen LogP contribution in [0.2, 0.25) is 0 Å². The van der Waals surface area contributed by atoms with E-state index in [-0.39, 0.29) is 35.8 Å². The predicted molar refractivity (Wildman–Crippen MR) is 136 cm³/mol. The van der Waals surface area contributed by atoms with Crippen molar-refractivity contribution in [3.8, 4) is 0 Å². The number of hydrazone groups is 1. The van der Waals surface area contributed by atoms with Crippen LogP contribution in [0.1, 0.15) is 43.0 Å². The first kappa shape index (κ1) is 26.1. The number of benzene rings is 2. The van der Waals surface area contributed by atoms with E-state index in [1.54, 1.807) is 30.3 Å². The van der Waals surface area contributed by atoms with Crippen molar-refractivity contribution in [2.24, 2.45) is 5.10 Å². The van der Waals surface area contributed by atoms with E-state index in [0.717, 1.165) is 11.1 Å². The fraction of sp³-hybridized carbons (Fsp3) is 0.250. The van der Waals surface area contributed by atoms with Crippen LogP contribution in [0, 0.1) is 0 Å². The Morgan fingerprint density at radius 1 is 1.14 bits per heavy atom. The van der Waals surface area contributed by atoms with Crippen molar-refractivity contribution in [2.75, 3.05) is 6.54 Å². The largest absolute Gasteiger partial charge is 0.422 e. The van der Waals surface area contributed by atoms with Crippen LogP contribution in [-0.4, -0.2) is 29.2 Å². The van der Waals surface area contributed by atoms with Gasteiger partial charge in [0.25, 0.3) is 5.91 Å². The van der Waals surface area contributed by atoms with Crippen LogP contribution in [0.5, 0.6) is 0 Å². The molecule has 0 radical (unpaired) electrons. The Morgan fingerprint density at radius 3 is 2.51 bits per heavy atom. The summed E-state index contributed by atoms with van der Waals surface area (Å²) in [6, 6.07) is 12.3. The summed E-state index contributed by atoms with van der Waals surface area (Å²) >= 11 is 0. The Bertz CT molecular complexity index is 1430. The molecule has 1 aliphatic rings. The number of hydrogen-bond acceptors (Lipinski definition) is 5. The number of amides is 1. The first-order valence-corrected chi connectivity index (χ1v) is 11.8. The summed E-state index contributed by atoms with van der Waals surface area (Å²) in [7, 11) is 0. The normalized spacial score (nSPS) is 17.2. The topological polar surface area (TPSA) is 74.9 Å². The van der Waals surface area contributed by atoms with E-state index in [2.05, 4.69) is 10.4 Å². The molecule has 0 bridgehead atoms. The van der Waals surface area contributed by atoms with Gasteiger partial charge in [-0.15, -0.1) is 0 Å². The number of allylic oxidation sites excluding steroid dienone is 2. The molecule has 3 aromatic rings. The van der Waals surface area contributed by atoms with Crippen molar-refractivity contribution in [2.45, 2.75) is 38.5 Å². The SMILES string of the molecule is C/C=C\C(/C=C/C)NCC(=O)N1N=C(c2cc3ccccc3oc2=O)CC1c1ccccc1C(F)(F)F. The van der Waals surface area contributed by atoms with Crippen molar-refractivity contribution in [3.63, 3.8) is 0 Å². The van der Waals surface area contributed by atoms with Gasteiger partial charge < -0.3 is 4.42 Å². The van der Waals surface area contributed by atoms with Gasteiger partial charge in [-0.25, -0.2) is 9.80 Å². The van der Waals surface area contributed by atoms with E-state index in [4.69, 9.17) is 4.42 Å². The van der Waals surface area contributed by atoms with Crippen molar-refractivity contribution < 1.29 is 22.4 Å². The molecule has 6 nitrogen and oxygen atoms in total. The van der Waals surface area contributed by atoms with Crippen molar-refractivity contribution in [1.29, 1.82) is 0 Å². The van der Waals surface area contributed by atoms with E-state index in [1.807, 2.05) is 38.2 Å². The van der Waals surface area contributed by atoms with Crippen LogP contribution in [-0.2, 0) is 11.0 Å². The van der Waals surface area contributed by atoms with Crippen LogP contribution < -0.4 is 10.9 Å². The molecule has 2 heterocycles. The summed E-state index contributed by atoms with van der Waals surface area (Å²) in [4.78, 5) is 26.1. The second kappa shape index (κ2) is 11.0. The third-order valence-electron chi connectivity index (χ3n) is 6.03. The summed E-state index contributed by atoms with van der Waals surface area (Å²) in [6.07, 6.45) is 2.66. The zero-order valence-electron chi connectivity index (χ0n) is 20.3. The molecular weight excluding hydrogens is 483 g/mol. The summed E-state index contributed by atoms with van der Waals surface area (Å²) in [6.45, 7) is 3.51. The molecule has 2 unspecified atom stereocenters. The molecule has 1 aliphatic heterocycles. The lowest BCUT2D eigenvalue weighted by atomic mass is 9.94. The molecule has 2 atom stereocenters. The van der Waals surface area contributed by atoms with Crippen LogP contribution in [0.4, 0.5) is 13.2 Å². The lowest BCUT2D eigenvalue weighted by molar-refractivity contribution is -0.140. The molecule has 37 heavy (non-hydrogen) atoms. The van der Waals surface area contributed by atoms with Gasteiger partial charge in [-0.2, -0.15) is 18.3 Å². The highest BCUT2D eigenvalue weighted by Gasteiger charge is 2.40. The highest BCUT2D eigenvalue weighted by Crippen LogP contribution is 2.40. The van der Waals surface area contributed by atoms with Crippen LogP contribution in [0.15, 0.2) is 93.2 Å². The van der Waals surface area contributed by atoms with Crippen molar-refractivity contribution in [1.82, 2.24) is 10.3 Å². The molecule has 0 saturated heterocycles. The number of carbonyl (C=O) groups is 1. The molecule has 0 saturated carbocycles. The monoisotopic (exact) mass is 509 g/mol. The summed E-state index contributed by atoms with van der Waals surface area (Å²) < 4.78 is 47.0. The minimum atomic E-state index is -4.63. The first-order chi connectivity index (χ1) is 17.7. The molecule has 1 N–H and O–H groups in total. The maximum atomic E-state index is 13.9. The Kier molecular flexibility index (Phi) is 7.73. The van der Waals surface area contributed by atoms with Gasteiger partial charge in [0.05, 0.1) is 29.4 Å². The summed E-state index contributed by atoms with van der Waals surface area (Å²) in [5, 5.41) is 9.13. The van der Waals surface area contributed by atoms with Gasteiger partial charge in [-0.05, 0) is 37.6 Å². The van der Waals surface area contributed by atoms with E-state index < -0.39 is 29.3 Å². The molecule has 192 valence electrons. The molecule has 4 rings (SSSR count). The molecule has 0 aliphatic carbocycles. The van der Waals surface area contributed by atoms with Crippen molar-refractivity contribution in [3.05, 3.63) is 106 Å². The van der Waals surface area contributed by atoms with Gasteiger partial charge in [0.2, 0.25) is 0 Å². The second-order valence-electron chi connectivity index (χ2n) is 8.53. The third kappa shape index (κ3) is 5.72. The highest BCUT2D eigenvalue weighted by molar-refractivity contribution is 6.04. The number of rotatable bonds is 7. The maximum Gasteiger partial charge on any atom is 0.416 e. The van der Waals surface area contributed by atoms with Gasteiger partial charge in [-0.1, -0.05) is 60.7 Å². The highest BCUT2D eigenvalue weighted by atomic mass is 19.4. The average molecular weight is 510 g/mol. The Morgan fingerprint density at radius 2 is 1.81 bits per heavy atom. The van der Waals surface area contributed by atoms with Crippen molar-refractivity contribution >= 4 is 22.6 Å². The summed E-state index contributed by atoms with van der Waals surface area (Å²) in [5.41, 5.74) is -0.941. The lowest BCUT2D eigenvalue weighted by Crippen LogP contribution is -2.39. The predicted octanol–water partition coefficient (Wildman–Crippen LogP) is 5.60. The van der Waals surface area contributed by atoms with E-state index in [1.165, 1.54) is 18.2 Å². The standard InChI is InChI=1S/C28H26F3N3O3/c1-3-9-19(10-4-2)32-17-26(35)34-24(20-12-6-7-13-22(20)28(29,30)31)16-23(33-34)21-15-18-11-5-8-14-25(18)37-27(21)36/h3-15,19,24,32H,16-17H2,1-2H3/b9-3-,10-4+. The van der Waals surface area contributed by atoms with E-state index in [9.17, 15) is 22.8 Å². The molecule has 9 heteroatoms. The smallest absolute Gasteiger partial charge is 0.416 e. The fourth-order valence-electron chi connectivity index (χ4n) is 4.36. The zero-order valence-corrected chi connectivity index (χ0v) is 20.3. The lowest BCUT2D eigenvalue weighted by Gasteiger charge is -2.25. The third-order valence-corrected chi connectivity index (χ3v) is 6.03. The number of alkyl halides is 3. The average Bonchev–Trinajstić information content (AvgIpc) is 3.32. The van der Waals surface area contributed by atoms with Gasteiger partial charge in [0.1, 0.15) is 5.58 Å². The number of hydrogen-bond donors (Lipinski definition) is 1. The minimum absolute atomic E-state index is 0.0743. The number of nitrogens with one attached hydrogen (secondary N) is 1. The van der Waals surface area contributed by atoms with E-state index in [0.29, 0.717) is 11.0 Å². The molecule has 1 aromatic heterocycles. The van der Waals surface area contributed by atoms with E-state index >= 15 is 0 Å². The number of para-hydroxylation sites is 1. The molecule has 1 amide bonds. The number of fused-ring (bicyclic) bond motifs is 1. The Balaban J connectivity index is 1.74. The molecule has 2 aromatic carbocycles.